The number of nitrogens with zero attached hydrogens (tertiary/aromatic N) is 2. The minimum absolute atomic E-state index is 0. The van der Waals surface area contributed by atoms with E-state index in [0.717, 1.165) is 36.2 Å². The van der Waals surface area contributed by atoms with E-state index < -0.39 is 0 Å². The van der Waals surface area contributed by atoms with Crippen LogP contribution in [0.3, 0.4) is 0 Å². The summed E-state index contributed by atoms with van der Waals surface area (Å²) in [7, 11) is 0. The number of amides is 2. The van der Waals surface area contributed by atoms with Crippen molar-refractivity contribution in [3.8, 4) is 0 Å². The predicted molar refractivity (Wildman–Crippen MR) is 97.8 cm³/mol. The van der Waals surface area contributed by atoms with E-state index in [4.69, 9.17) is 0 Å². The Morgan fingerprint density at radius 1 is 1.08 bits per heavy atom. The van der Waals surface area contributed by atoms with Crippen molar-refractivity contribution >= 4 is 29.9 Å². The third-order valence-corrected chi connectivity index (χ3v) is 4.70. The fraction of sp³-hybridized carbons (Fsp3) is 0.556. The molecule has 6 heteroatoms. The van der Waals surface area contributed by atoms with Crippen molar-refractivity contribution in [3.63, 3.8) is 0 Å². The first-order valence-corrected chi connectivity index (χ1v) is 8.51. The van der Waals surface area contributed by atoms with Crippen molar-refractivity contribution in [1.82, 2.24) is 9.80 Å². The van der Waals surface area contributed by atoms with Crippen LogP contribution in [-0.2, 0) is 11.2 Å². The fourth-order valence-electron chi connectivity index (χ4n) is 3.38. The van der Waals surface area contributed by atoms with E-state index in [0.29, 0.717) is 26.2 Å². The molecule has 0 saturated carbocycles. The summed E-state index contributed by atoms with van der Waals surface area (Å²) in [6, 6.07) is 5.92. The first-order chi connectivity index (χ1) is 11.1. The van der Waals surface area contributed by atoms with Gasteiger partial charge in [0, 0.05) is 49.9 Å². The molecular formula is C18H26ClN3O2. The third kappa shape index (κ3) is 3.66. The highest BCUT2D eigenvalue weighted by Crippen LogP contribution is 2.26. The minimum atomic E-state index is 0. The summed E-state index contributed by atoms with van der Waals surface area (Å²) in [5, 5.41) is 3.37. The smallest absolute Gasteiger partial charge is 0.254 e. The maximum absolute atomic E-state index is 12.9. The Morgan fingerprint density at radius 2 is 1.75 bits per heavy atom. The van der Waals surface area contributed by atoms with E-state index in [1.807, 2.05) is 41.8 Å². The third-order valence-electron chi connectivity index (χ3n) is 4.70. The number of fused-ring (bicyclic) bond motifs is 1. The van der Waals surface area contributed by atoms with Gasteiger partial charge in [0.25, 0.3) is 5.91 Å². The molecular weight excluding hydrogens is 326 g/mol. The van der Waals surface area contributed by atoms with Gasteiger partial charge in [0.15, 0.2) is 0 Å². The van der Waals surface area contributed by atoms with Crippen LogP contribution in [0.1, 0.15) is 36.2 Å². The number of anilines is 1. The van der Waals surface area contributed by atoms with Crippen molar-refractivity contribution in [2.24, 2.45) is 5.92 Å². The number of hydrogen-bond donors (Lipinski definition) is 1. The molecule has 1 N–H and O–H groups in total. The largest absolute Gasteiger partial charge is 0.385 e. The highest BCUT2D eigenvalue weighted by molar-refractivity contribution is 5.97. The number of benzene rings is 1. The normalized spacial score (nSPS) is 17.0. The van der Waals surface area contributed by atoms with Crippen LogP contribution in [-0.4, -0.2) is 54.3 Å². The van der Waals surface area contributed by atoms with Crippen molar-refractivity contribution in [2.75, 3.05) is 38.0 Å². The van der Waals surface area contributed by atoms with Gasteiger partial charge in [-0.3, -0.25) is 9.59 Å². The van der Waals surface area contributed by atoms with Crippen molar-refractivity contribution in [3.05, 3.63) is 29.3 Å². The Balaban J connectivity index is 0.00000208. The number of piperazine rings is 1. The van der Waals surface area contributed by atoms with Crippen LogP contribution in [0, 0.1) is 5.92 Å². The molecule has 0 aromatic heterocycles. The van der Waals surface area contributed by atoms with Crippen molar-refractivity contribution < 1.29 is 9.59 Å². The van der Waals surface area contributed by atoms with Gasteiger partial charge in [-0.25, -0.2) is 0 Å². The maximum atomic E-state index is 12.9. The number of rotatable bonds is 2. The highest BCUT2D eigenvalue weighted by atomic mass is 35.5. The van der Waals surface area contributed by atoms with Crippen LogP contribution in [0.5, 0.6) is 0 Å². The predicted octanol–water partition coefficient (Wildman–Crippen LogP) is 2.41. The number of carbonyl (C=O) groups is 2. The number of carbonyl (C=O) groups excluding carboxylic acids is 2. The molecule has 2 amide bonds. The monoisotopic (exact) mass is 351 g/mol. The zero-order chi connectivity index (χ0) is 16.4. The lowest BCUT2D eigenvalue weighted by Gasteiger charge is -2.36. The molecule has 1 fully saturated rings. The van der Waals surface area contributed by atoms with Gasteiger partial charge in [-0.15, -0.1) is 12.4 Å². The molecule has 0 spiro atoms. The van der Waals surface area contributed by atoms with Gasteiger partial charge in [-0.2, -0.15) is 0 Å². The molecule has 0 unspecified atom stereocenters. The molecule has 0 aliphatic carbocycles. The van der Waals surface area contributed by atoms with Crippen LogP contribution in [0.4, 0.5) is 5.69 Å². The van der Waals surface area contributed by atoms with E-state index in [1.54, 1.807) is 0 Å². The molecule has 0 atom stereocenters. The summed E-state index contributed by atoms with van der Waals surface area (Å²) in [6.45, 7) is 7.32. The Bertz CT molecular complexity index is 610. The maximum Gasteiger partial charge on any atom is 0.254 e. The first kappa shape index (κ1) is 18.6. The van der Waals surface area contributed by atoms with Crippen LogP contribution >= 0.6 is 12.4 Å². The second-order valence-corrected chi connectivity index (χ2v) is 6.63. The van der Waals surface area contributed by atoms with Gasteiger partial charge >= 0.3 is 0 Å². The van der Waals surface area contributed by atoms with Crippen LogP contribution in [0.15, 0.2) is 18.2 Å². The summed E-state index contributed by atoms with van der Waals surface area (Å²) in [6.07, 6.45) is 2.02. The second-order valence-electron chi connectivity index (χ2n) is 6.63. The minimum Gasteiger partial charge on any atom is -0.385 e. The molecule has 1 aromatic carbocycles. The molecule has 1 aromatic rings. The molecule has 2 aliphatic rings. The Hall–Kier alpha value is -1.75. The topological polar surface area (TPSA) is 52.7 Å². The fourth-order valence-corrected chi connectivity index (χ4v) is 3.38. The molecule has 132 valence electrons. The lowest BCUT2D eigenvalue weighted by Crippen LogP contribution is -2.51. The van der Waals surface area contributed by atoms with E-state index >= 15 is 0 Å². The second kappa shape index (κ2) is 7.88. The van der Waals surface area contributed by atoms with Crippen molar-refractivity contribution in [2.45, 2.75) is 26.7 Å². The average Bonchev–Trinajstić information content (AvgIpc) is 2.60. The molecule has 3 rings (SSSR count). The quantitative estimate of drug-likeness (QED) is 0.890. The number of halogens is 1. The first-order valence-electron chi connectivity index (χ1n) is 8.51. The van der Waals surface area contributed by atoms with Gasteiger partial charge in [0.05, 0.1) is 0 Å². The van der Waals surface area contributed by atoms with Gasteiger partial charge in [0.2, 0.25) is 5.91 Å². The lowest BCUT2D eigenvalue weighted by molar-refractivity contribution is -0.135. The van der Waals surface area contributed by atoms with Gasteiger partial charge in [-0.05, 0) is 30.5 Å². The molecule has 0 bridgehead atoms. The van der Waals surface area contributed by atoms with Crippen LogP contribution < -0.4 is 5.32 Å². The molecule has 2 aliphatic heterocycles. The van der Waals surface area contributed by atoms with E-state index in [-0.39, 0.29) is 30.1 Å². The zero-order valence-electron chi connectivity index (χ0n) is 14.4. The standard InChI is InChI=1S/C18H25N3O2.ClH/c1-13(2)17(22)20-9-11-21(12-10-20)18(23)15-5-3-7-16-14(15)6-4-8-19-16;/h3,5,7,13,19H,4,6,8-12H2,1-2H3;1H. The number of hydrogen-bond acceptors (Lipinski definition) is 3. The number of nitrogens with one attached hydrogen (secondary N) is 1. The Morgan fingerprint density at radius 3 is 2.42 bits per heavy atom. The summed E-state index contributed by atoms with van der Waals surface area (Å²) in [4.78, 5) is 28.7. The van der Waals surface area contributed by atoms with E-state index in [9.17, 15) is 9.59 Å². The van der Waals surface area contributed by atoms with E-state index in [1.165, 1.54) is 0 Å². The summed E-state index contributed by atoms with van der Waals surface area (Å²) in [5.41, 5.74) is 3.05. The van der Waals surface area contributed by atoms with Gasteiger partial charge in [0.1, 0.15) is 0 Å². The molecule has 0 radical (unpaired) electrons. The Labute approximate surface area is 149 Å². The summed E-state index contributed by atoms with van der Waals surface area (Å²) in [5.74, 6) is 0.296. The van der Waals surface area contributed by atoms with Crippen LogP contribution in [0.2, 0.25) is 0 Å². The highest BCUT2D eigenvalue weighted by Gasteiger charge is 2.27. The van der Waals surface area contributed by atoms with Crippen LogP contribution in [0.25, 0.3) is 0 Å². The molecule has 24 heavy (non-hydrogen) atoms. The SMILES string of the molecule is CC(C)C(=O)N1CCN(C(=O)c2cccc3c2CCCN3)CC1.Cl. The summed E-state index contributed by atoms with van der Waals surface area (Å²) < 4.78 is 0. The van der Waals surface area contributed by atoms with Gasteiger partial charge in [-0.1, -0.05) is 19.9 Å². The lowest BCUT2D eigenvalue weighted by atomic mass is 9.96. The van der Waals surface area contributed by atoms with E-state index in [2.05, 4.69) is 5.32 Å². The Kier molecular flexibility index (Phi) is 6.10. The molecule has 5 nitrogen and oxygen atoms in total. The van der Waals surface area contributed by atoms with Gasteiger partial charge < -0.3 is 15.1 Å². The molecule has 1 saturated heterocycles. The summed E-state index contributed by atoms with van der Waals surface area (Å²) >= 11 is 0. The average molecular weight is 352 g/mol. The van der Waals surface area contributed by atoms with Crippen molar-refractivity contribution in [1.29, 1.82) is 0 Å². The zero-order valence-corrected chi connectivity index (χ0v) is 15.2. The molecule has 2 heterocycles.